The van der Waals surface area contributed by atoms with E-state index in [-0.39, 0.29) is 17.5 Å². The van der Waals surface area contributed by atoms with Crippen LogP contribution in [0.15, 0.2) is 54.6 Å². The molecule has 0 bridgehead atoms. The summed E-state index contributed by atoms with van der Waals surface area (Å²) in [6.45, 7) is 1.47. The summed E-state index contributed by atoms with van der Waals surface area (Å²) < 4.78 is 28.7. The molecule has 3 aromatic rings. The second kappa shape index (κ2) is 8.70. The Labute approximate surface area is 186 Å². The van der Waals surface area contributed by atoms with E-state index >= 15 is 0 Å². The van der Waals surface area contributed by atoms with E-state index in [0.717, 1.165) is 11.1 Å². The van der Waals surface area contributed by atoms with Crippen LogP contribution in [0.2, 0.25) is 0 Å². The molecule has 0 radical (unpaired) electrons. The average molecular weight is 453 g/mol. The molecule has 4 rings (SSSR count). The number of likely N-dealkylation sites (N-methyl/N-ethyl adjacent to an activating group) is 1. The molecule has 8 heteroatoms. The van der Waals surface area contributed by atoms with Crippen molar-refractivity contribution in [2.75, 3.05) is 25.2 Å². The first-order valence-corrected chi connectivity index (χ1v) is 12.2. The van der Waals surface area contributed by atoms with Crippen LogP contribution in [0.5, 0.6) is 0 Å². The quantitative estimate of drug-likeness (QED) is 0.553. The summed E-state index contributed by atoms with van der Waals surface area (Å²) >= 11 is 0. The second-order valence-electron chi connectivity index (χ2n) is 8.08. The van der Waals surface area contributed by atoms with Crippen molar-refractivity contribution in [1.29, 1.82) is 0 Å². The third-order valence-electron chi connectivity index (χ3n) is 5.73. The number of esters is 1. The fourth-order valence-electron chi connectivity index (χ4n) is 3.86. The maximum absolute atomic E-state index is 13.0. The molecule has 0 spiro atoms. The van der Waals surface area contributed by atoms with Crippen LogP contribution in [0.1, 0.15) is 22.3 Å². The predicted molar refractivity (Wildman–Crippen MR) is 122 cm³/mol. The summed E-state index contributed by atoms with van der Waals surface area (Å²) in [6.07, 6.45) is 0.396. The molecule has 1 aliphatic heterocycles. The minimum Gasteiger partial charge on any atom is -0.452 e. The van der Waals surface area contributed by atoms with Gasteiger partial charge in [-0.15, -0.1) is 0 Å². The molecular weight excluding hydrogens is 428 g/mol. The van der Waals surface area contributed by atoms with Gasteiger partial charge in [0.25, 0.3) is 5.91 Å². The Bertz CT molecular complexity index is 1290. The molecule has 32 heavy (non-hydrogen) atoms. The molecular formula is C24H24N2O5S. The third kappa shape index (κ3) is 4.65. The fraction of sp³-hybridized carbons (Fsp3) is 0.292. The van der Waals surface area contributed by atoms with E-state index in [9.17, 15) is 18.0 Å². The lowest BCUT2D eigenvalue weighted by atomic mass is 10.0. The van der Waals surface area contributed by atoms with Crippen LogP contribution in [0.4, 0.5) is 0 Å². The summed E-state index contributed by atoms with van der Waals surface area (Å²) in [5, 5.41) is 0.650. The molecule has 1 atom stereocenters. The van der Waals surface area contributed by atoms with Crippen LogP contribution in [-0.4, -0.2) is 61.4 Å². The van der Waals surface area contributed by atoms with Crippen LogP contribution in [0.25, 0.3) is 22.2 Å². The van der Waals surface area contributed by atoms with Gasteiger partial charge in [-0.2, -0.15) is 0 Å². The van der Waals surface area contributed by atoms with Gasteiger partial charge in [-0.3, -0.25) is 4.79 Å². The van der Waals surface area contributed by atoms with Gasteiger partial charge in [-0.1, -0.05) is 42.0 Å². The summed E-state index contributed by atoms with van der Waals surface area (Å²) in [6, 6.07) is 16.4. The van der Waals surface area contributed by atoms with E-state index < -0.39 is 28.3 Å². The van der Waals surface area contributed by atoms with Gasteiger partial charge < -0.3 is 9.64 Å². The lowest BCUT2D eigenvalue weighted by Crippen LogP contribution is -2.40. The minimum absolute atomic E-state index is 0.0576. The highest BCUT2D eigenvalue weighted by Gasteiger charge is 2.33. The lowest BCUT2D eigenvalue weighted by Gasteiger charge is -2.23. The van der Waals surface area contributed by atoms with E-state index in [1.807, 2.05) is 55.5 Å². The highest BCUT2D eigenvalue weighted by molar-refractivity contribution is 7.91. The van der Waals surface area contributed by atoms with E-state index in [1.165, 1.54) is 4.90 Å². The predicted octanol–water partition coefficient (Wildman–Crippen LogP) is 3.01. The topological polar surface area (TPSA) is 93.6 Å². The van der Waals surface area contributed by atoms with Crippen molar-refractivity contribution in [2.45, 2.75) is 19.4 Å². The number of carbonyl (C=O) groups excluding carboxylic acids is 2. The Morgan fingerprint density at radius 2 is 1.88 bits per heavy atom. The monoisotopic (exact) mass is 452 g/mol. The SMILES string of the molecule is Cc1ccc2nc(-c3ccccc3)cc(C(=O)OCC(=O)N(C)[C@H]3CCS(=O)(=O)C3)c2c1. The number of rotatable bonds is 5. The molecule has 0 saturated carbocycles. The highest BCUT2D eigenvalue weighted by Crippen LogP contribution is 2.26. The van der Waals surface area contributed by atoms with Crippen LogP contribution in [0, 0.1) is 6.92 Å². The Kier molecular flexibility index (Phi) is 5.97. The van der Waals surface area contributed by atoms with Crippen LogP contribution in [-0.2, 0) is 19.4 Å². The number of nitrogens with zero attached hydrogens (tertiary/aromatic N) is 2. The van der Waals surface area contributed by atoms with Gasteiger partial charge >= 0.3 is 5.97 Å². The van der Waals surface area contributed by atoms with Crippen molar-refractivity contribution in [2.24, 2.45) is 0 Å². The zero-order chi connectivity index (χ0) is 22.9. The van der Waals surface area contributed by atoms with Crippen molar-refractivity contribution in [3.63, 3.8) is 0 Å². The van der Waals surface area contributed by atoms with Gasteiger partial charge in [-0.05, 0) is 31.5 Å². The first-order valence-electron chi connectivity index (χ1n) is 10.3. The minimum atomic E-state index is -3.12. The number of hydrogen-bond donors (Lipinski definition) is 0. The normalized spacial score (nSPS) is 17.2. The molecule has 0 unspecified atom stereocenters. The number of ether oxygens (including phenoxy) is 1. The number of fused-ring (bicyclic) bond motifs is 1. The Morgan fingerprint density at radius 3 is 2.56 bits per heavy atom. The van der Waals surface area contributed by atoms with Gasteiger partial charge in [0.1, 0.15) is 0 Å². The second-order valence-corrected chi connectivity index (χ2v) is 10.3. The summed E-state index contributed by atoms with van der Waals surface area (Å²) in [7, 11) is -1.57. The number of aromatic nitrogens is 1. The van der Waals surface area contributed by atoms with Crippen LogP contribution >= 0.6 is 0 Å². The lowest BCUT2D eigenvalue weighted by molar-refractivity contribution is -0.134. The standard InChI is InChI=1S/C24H24N2O5S/c1-16-8-9-21-19(12-16)20(13-22(25-21)17-6-4-3-5-7-17)24(28)31-14-23(27)26(2)18-10-11-32(29,30)15-18/h3-9,12-13,18H,10-11,14-15H2,1-2H3/t18-/m0/s1. The van der Waals surface area contributed by atoms with E-state index in [4.69, 9.17) is 4.74 Å². The molecule has 1 saturated heterocycles. The van der Waals surface area contributed by atoms with Crippen molar-refractivity contribution < 1.29 is 22.7 Å². The van der Waals surface area contributed by atoms with Gasteiger partial charge in [-0.25, -0.2) is 18.2 Å². The number of aryl methyl sites for hydroxylation is 1. The smallest absolute Gasteiger partial charge is 0.339 e. The van der Waals surface area contributed by atoms with Crippen molar-refractivity contribution in [3.05, 3.63) is 65.7 Å². The summed E-state index contributed by atoms with van der Waals surface area (Å²) in [5.41, 5.74) is 3.45. The Balaban J connectivity index is 1.57. The molecule has 1 aromatic heterocycles. The molecule has 0 N–H and O–H groups in total. The van der Waals surface area contributed by atoms with Gasteiger partial charge in [0.15, 0.2) is 16.4 Å². The van der Waals surface area contributed by atoms with E-state index in [2.05, 4.69) is 4.98 Å². The zero-order valence-corrected chi connectivity index (χ0v) is 18.8. The van der Waals surface area contributed by atoms with E-state index in [0.29, 0.717) is 28.6 Å². The molecule has 1 amide bonds. The number of hydrogen-bond acceptors (Lipinski definition) is 6. The molecule has 0 aliphatic carbocycles. The largest absolute Gasteiger partial charge is 0.452 e. The first kappa shape index (κ1) is 22.0. The number of carbonyl (C=O) groups is 2. The zero-order valence-electron chi connectivity index (χ0n) is 17.9. The Morgan fingerprint density at radius 1 is 1.12 bits per heavy atom. The van der Waals surface area contributed by atoms with E-state index in [1.54, 1.807) is 13.1 Å². The van der Waals surface area contributed by atoms with Gasteiger partial charge in [0.2, 0.25) is 0 Å². The Hall–Kier alpha value is -3.26. The molecule has 1 fully saturated rings. The van der Waals surface area contributed by atoms with Gasteiger partial charge in [0.05, 0.1) is 28.3 Å². The maximum Gasteiger partial charge on any atom is 0.339 e. The summed E-state index contributed by atoms with van der Waals surface area (Å²) in [5.74, 6) is -1.04. The fourth-order valence-corrected chi connectivity index (χ4v) is 5.63. The van der Waals surface area contributed by atoms with Crippen molar-refractivity contribution in [3.8, 4) is 11.3 Å². The number of amides is 1. The molecule has 7 nitrogen and oxygen atoms in total. The molecule has 1 aliphatic rings. The number of benzene rings is 2. The number of pyridine rings is 1. The third-order valence-corrected chi connectivity index (χ3v) is 7.48. The van der Waals surface area contributed by atoms with Crippen LogP contribution < -0.4 is 0 Å². The molecule has 166 valence electrons. The average Bonchev–Trinajstić information content (AvgIpc) is 3.16. The van der Waals surface area contributed by atoms with Crippen LogP contribution in [0.3, 0.4) is 0 Å². The van der Waals surface area contributed by atoms with Crippen molar-refractivity contribution >= 4 is 32.6 Å². The number of sulfone groups is 1. The molecule has 2 aromatic carbocycles. The molecule has 2 heterocycles. The first-order chi connectivity index (χ1) is 15.2. The van der Waals surface area contributed by atoms with Gasteiger partial charge in [0, 0.05) is 24.0 Å². The van der Waals surface area contributed by atoms with Crippen molar-refractivity contribution in [1.82, 2.24) is 9.88 Å². The highest BCUT2D eigenvalue weighted by atomic mass is 32.2. The maximum atomic E-state index is 13.0. The summed E-state index contributed by atoms with van der Waals surface area (Å²) in [4.78, 5) is 31.6.